The van der Waals surface area contributed by atoms with Gasteiger partial charge in [0, 0.05) is 18.5 Å². The number of hydrogen-bond acceptors (Lipinski definition) is 4. The second kappa shape index (κ2) is 5.01. The van der Waals surface area contributed by atoms with Gasteiger partial charge in [-0.1, -0.05) is 12.2 Å². The van der Waals surface area contributed by atoms with Gasteiger partial charge in [-0.3, -0.25) is 0 Å². The summed E-state index contributed by atoms with van der Waals surface area (Å²) >= 11 is 4.76. The minimum atomic E-state index is -0.852. The molecule has 1 aromatic heterocycles. The predicted octanol–water partition coefficient (Wildman–Crippen LogP) is 2.18. The molecule has 4 nitrogen and oxygen atoms in total. The van der Waals surface area contributed by atoms with E-state index in [4.69, 9.17) is 22.7 Å². The molecule has 0 unspecified atom stereocenters. The van der Waals surface area contributed by atoms with Crippen LogP contribution in [0.5, 0.6) is 11.6 Å². The standard InChI is InChI=1S/C11H7F2N3OS/c12-6-1-2-8(7(13)5-6)17-11-9(10(14)18)15-3-4-16-11/h1-5H,(H2,14,18). The van der Waals surface area contributed by atoms with Crippen molar-refractivity contribution in [3.63, 3.8) is 0 Å². The molecule has 1 aromatic carbocycles. The fourth-order valence-electron chi connectivity index (χ4n) is 1.23. The molecular formula is C11H7F2N3OS. The Morgan fingerprint density at radius 1 is 1.22 bits per heavy atom. The van der Waals surface area contributed by atoms with Gasteiger partial charge in [0.1, 0.15) is 10.8 Å². The van der Waals surface area contributed by atoms with Crippen LogP contribution in [0.1, 0.15) is 5.69 Å². The average molecular weight is 267 g/mol. The molecule has 2 N–H and O–H groups in total. The third kappa shape index (κ3) is 2.57. The zero-order valence-corrected chi connectivity index (χ0v) is 9.75. The topological polar surface area (TPSA) is 61.0 Å². The lowest BCUT2D eigenvalue weighted by atomic mass is 10.3. The molecular weight excluding hydrogens is 260 g/mol. The Morgan fingerprint density at radius 2 is 1.94 bits per heavy atom. The van der Waals surface area contributed by atoms with Gasteiger partial charge >= 0.3 is 0 Å². The molecule has 0 bridgehead atoms. The molecule has 2 aromatic rings. The average Bonchev–Trinajstić information content (AvgIpc) is 2.33. The number of halogens is 2. The minimum Gasteiger partial charge on any atom is -0.434 e. The van der Waals surface area contributed by atoms with E-state index in [9.17, 15) is 8.78 Å². The highest BCUT2D eigenvalue weighted by Gasteiger charge is 2.13. The molecule has 7 heteroatoms. The molecule has 0 amide bonds. The lowest BCUT2D eigenvalue weighted by Gasteiger charge is -2.08. The lowest BCUT2D eigenvalue weighted by molar-refractivity contribution is 0.421. The summed E-state index contributed by atoms with van der Waals surface area (Å²) in [4.78, 5) is 7.69. The van der Waals surface area contributed by atoms with Gasteiger partial charge in [-0.25, -0.2) is 18.7 Å². The number of nitrogens with zero attached hydrogens (tertiary/aromatic N) is 2. The van der Waals surface area contributed by atoms with E-state index in [0.717, 1.165) is 12.1 Å². The van der Waals surface area contributed by atoms with Crippen molar-refractivity contribution in [2.24, 2.45) is 5.73 Å². The first kappa shape index (κ1) is 12.3. The van der Waals surface area contributed by atoms with E-state index in [1.807, 2.05) is 0 Å². The van der Waals surface area contributed by atoms with Gasteiger partial charge in [0.15, 0.2) is 17.3 Å². The third-order valence-corrected chi connectivity index (χ3v) is 2.19. The summed E-state index contributed by atoms with van der Waals surface area (Å²) in [6.45, 7) is 0. The highest BCUT2D eigenvalue weighted by molar-refractivity contribution is 7.80. The highest BCUT2D eigenvalue weighted by Crippen LogP contribution is 2.24. The molecule has 0 aliphatic carbocycles. The molecule has 1 heterocycles. The quantitative estimate of drug-likeness (QED) is 0.864. The molecule has 0 aliphatic heterocycles. The van der Waals surface area contributed by atoms with Crippen LogP contribution in [0.15, 0.2) is 30.6 Å². The van der Waals surface area contributed by atoms with Gasteiger partial charge in [-0.05, 0) is 12.1 Å². The van der Waals surface area contributed by atoms with Crippen LogP contribution >= 0.6 is 12.2 Å². The zero-order chi connectivity index (χ0) is 13.1. The van der Waals surface area contributed by atoms with Crippen molar-refractivity contribution >= 4 is 17.2 Å². The van der Waals surface area contributed by atoms with Crippen LogP contribution in [-0.4, -0.2) is 15.0 Å². The van der Waals surface area contributed by atoms with Crippen LogP contribution in [0.3, 0.4) is 0 Å². The lowest BCUT2D eigenvalue weighted by Crippen LogP contribution is -2.13. The van der Waals surface area contributed by atoms with Crippen molar-refractivity contribution in [1.82, 2.24) is 9.97 Å². The van der Waals surface area contributed by atoms with Crippen molar-refractivity contribution in [2.45, 2.75) is 0 Å². The van der Waals surface area contributed by atoms with Crippen LogP contribution < -0.4 is 10.5 Å². The first-order chi connectivity index (χ1) is 8.58. The summed E-state index contributed by atoms with van der Waals surface area (Å²) in [5, 5.41) is 0. The molecule has 0 spiro atoms. The normalized spacial score (nSPS) is 10.1. The molecule has 0 radical (unpaired) electrons. The Kier molecular flexibility index (Phi) is 3.42. The van der Waals surface area contributed by atoms with Crippen LogP contribution in [0.2, 0.25) is 0 Å². The Morgan fingerprint density at radius 3 is 2.61 bits per heavy atom. The van der Waals surface area contributed by atoms with Crippen molar-refractivity contribution in [2.75, 3.05) is 0 Å². The summed E-state index contributed by atoms with van der Waals surface area (Å²) in [6, 6.07) is 2.91. The Bertz CT molecular complexity index is 607. The summed E-state index contributed by atoms with van der Waals surface area (Å²) in [6.07, 6.45) is 2.72. The van der Waals surface area contributed by atoms with Crippen LogP contribution in [0, 0.1) is 11.6 Å². The van der Waals surface area contributed by atoms with E-state index >= 15 is 0 Å². The molecule has 0 aliphatic rings. The van der Waals surface area contributed by atoms with E-state index in [1.54, 1.807) is 0 Å². The third-order valence-electron chi connectivity index (χ3n) is 2.00. The van der Waals surface area contributed by atoms with Crippen LogP contribution in [0.25, 0.3) is 0 Å². The van der Waals surface area contributed by atoms with Crippen molar-refractivity contribution in [3.05, 3.63) is 47.9 Å². The maximum atomic E-state index is 13.4. The number of nitrogens with two attached hydrogens (primary N) is 1. The Balaban J connectivity index is 2.37. The Labute approximate surface area is 106 Å². The van der Waals surface area contributed by atoms with Gasteiger partial charge in [-0.2, -0.15) is 0 Å². The summed E-state index contributed by atoms with van der Waals surface area (Å²) < 4.78 is 31.3. The van der Waals surface area contributed by atoms with Gasteiger partial charge in [0.25, 0.3) is 0 Å². The molecule has 0 saturated carbocycles. The van der Waals surface area contributed by atoms with Gasteiger partial charge in [0.2, 0.25) is 5.88 Å². The van der Waals surface area contributed by atoms with E-state index in [0.29, 0.717) is 6.07 Å². The zero-order valence-electron chi connectivity index (χ0n) is 8.93. The minimum absolute atomic E-state index is 0.0272. The molecule has 92 valence electrons. The Hall–Kier alpha value is -2.15. The highest BCUT2D eigenvalue weighted by atomic mass is 32.1. The molecule has 0 fully saturated rings. The van der Waals surface area contributed by atoms with E-state index in [1.165, 1.54) is 12.4 Å². The molecule has 0 saturated heterocycles. The monoisotopic (exact) mass is 267 g/mol. The summed E-state index contributed by atoms with van der Waals surface area (Å²) in [5.41, 5.74) is 5.56. The van der Waals surface area contributed by atoms with Gasteiger partial charge < -0.3 is 10.5 Å². The number of rotatable bonds is 3. The van der Waals surface area contributed by atoms with E-state index < -0.39 is 11.6 Å². The number of thiocarbonyl (C=S) groups is 1. The fraction of sp³-hybridized carbons (Fsp3) is 0. The second-order valence-corrected chi connectivity index (χ2v) is 3.69. The maximum Gasteiger partial charge on any atom is 0.248 e. The number of ether oxygens (including phenoxy) is 1. The first-order valence-electron chi connectivity index (χ1n) is 4.81. The number of hydrogen-bond donors (Lipinski definition) is 1. The van der Waals surface area contributed by atoms with Crippen LogP contribution in [0.4, 0.5) is 8.78 Å². The predicted molar refractivity (Wildman–Crippen MR) is 64.4 cm³/mol. The van der Waals surface area contributed by atoms with Crippen molar-refractivity contribution in [1.29, 1.82) is 0 Å². The van der Waals surface area contributed by atoms with Crippen molar-refractivity contribution < 1.29 is 13.5 Å². The van der Waals surface area contributed by atoms with Gasteiger partial charge in [0.05, 0.1) is 0 Å². The van der Waals surface area contributed by atoms with Crippen LogP contribution in [-0.2, 0) is 0 Å². The number of aromatic nitrogens is 2. The summed E-state index contributed by atoms with van der Waals surface area (Å²) in [7, 11) is 0. The smallest absolute Gasteiger partial charge is 0.248 e. The first-order valence-corrected chi connectivity index (χ1v) is 5.22. The molecule has 0 atom stereocenters. The maximum absolute atomic E-state index is 13.4. The summed E-state index contributed by atoms with van der Waals surface area (Å²) in [5.74, 6) is -1.77. The number of benzene rings is 1. The molecule has 18 heavy (non-hydrogen) atoms. The van der Waals surface area contributed by atoms with E-state index in [2.05, 4.69) is 9.97 Å². The largest absolute Gasteiger partial charge is 0.434 e. The van der Waals surface area contributed by atoms with Crippen molar-refractivity contribution in [3.8, 4) is 11.6 Å². The second-order valence-electron chi connectivity index (χ2n) is 3.25. The van der Waals surface area contributed by atoms with Gasteiger partial charge in [-0.15, -0.1) is 0 Å². The van der Waals surface area contributed by atoms with E-state index in [-0.39, 0.29) is 22.3 Å². The SMILES string of the molecule is NC(=S)c1nccnc1Oc1ccc(F)cc1F. The fourth-order valence-corrected chi connectivity index (χ4v) is 1.37. The molecule has 2 rings (SSSR count).